The average molecular weight is 1040 g/mol. The first-order valence-corrected chi connectivity index (χ1v) is 21.8. The Kier molecular flexibility index (Phi) is 13.3. The fourth-order valence-electron chi connectivity index (χ4n) is 8.15. The zero-order valence-corrected chi connectivity index (χ0v) is 42.2. The molecule has 0 bridgehead atoms. The summed E-state index contributed by atoms with van der Waals surface area (Å²) in [5, 5.41) is 31.1. The van der Waals surface area contributed by atoms with Crippen LogP contribution in [0.5, 0.6) is 0 Å². The zero-order valence-electron chi connectivity index (χ0n) is 39.8. The maximum atomic E-state index is 10.4. The Hall–Kier alpha value is -6.93. The Morgan fingerprint density at radius 1 is 0.545 bits per heavy atom. The summed E-state index contributed by atoms with van der Waals surface area (Å²) in [7, 11) is 0. The zero-order chi connectivity index (χ0) is 47.2. The van der Waals surface area contributed by atoms with Gasteiger partial charge in [-0.3, -0.25) is 0 Å². The normalized spacial score (nSPS) is 13.4. The Morgan fingerprint density at radius 3 is 1.67 bits per heavy atom. The van der Waals surface area contributed by atoms with Gasteiger partial charge < -0.3 is 14.9 Å². The maximum Gasteiger partial charge on any atom is 0.270 e. The van der Waals surface area contributed by atoms with Gasteiger partial charge >= 0.3 is 0 Å². The summed E-state index contributed by atoms with van der Waals surface area (Å²) >= 11 is 0. The van der Waals surface area contributed by atoms with Crippen molar-refractivity contribution >= 4 is 28.2 Å². The summed E-state index contributed by atoms with van der Waals surface area (Å²) in [5.74, 6) is 0. The van der Waals surface area contributed by atoms with E-state index in [-0.39, 0.29) is 53.0 Å². The minimum Gasteiger partial charge on any atom is -0.309 e. The topological polar surface area (TPSA) is 105 Å². The van der Waals surface area contributed by atoms with Crippen molar-refractivity contribution in [3.8, 4) is 40.7 Å². The minimum atomic E-state index is -0.333. The largest absolute Gasteiger partial charge is 0.309 e. The van der Waals surface area contributed by atoms with Crippen molar-refractivity contribution in [3.05, 3.63) is 183 Å². The van der Waals surface area contributed by atoms with Gasteiger partial charge in [-0.25, -0.2) is 10.1 Å². The van der Waals surface area contributed by atoms with Crippen LogP contribution in [0.1, 0.15) is 128 Å². The molecule has 0 aliphatic carbocycles. The number of aromatic nitrogens is 2. The smallest absolute Gasteiger partial charge is 0.270 e. The Labute approximate surface area is 405 Å². The molecule has 2 aliphatic rings. The number of anilines is 3. The van der Waals surface area contributed by atoms with E-state index >= 15 is 0 Å². The van der Waals surface area contributed by atoms with Crippen molar-refractivity contribution in [1.29, 1.82) is 15.8 Å². The SMILES string of the molecule is CC(C)(C)c1ccc(-c2[c-]cccc2)nc1.[C-]#[N+]/C(C#N)=C1\c2cnc(-c3[c-]ccc(C(C)(C)C)c3)cc2N2c3ccc(C(C)(C)C)cc3C(=C(C#N)C#N)c3cc(C(C)(C)C)cc1c32.[Ir]. The van der Waals surface area contributed by atoms with E-state index in [4.69, 9.17) is 11.6 Å². The monoisotopic (exact) mass is 1040 g/mol. The second kappa shape index (κ2) is 18.2. The van der Waals surface area contributed by atoms with Gasteiger partial charge in [0.2, 0.25) is 0 Å². The molecular formula is C58H53IrN7-2. The first-order chi connectivity index (χ1) is 30.6. The van der Waals surface area contributed by atoms with Crippen molar-refractivity contribution in [1.82, 2.24) is 9.97 Å². The Morgan fingerprint density at radius 2 is 1.12 bits per heavy atom. The molecule has 0 unspecified atom stereocenters. The number of allylic oxidation sites excluding steroid dienone is 2. The van der Waals surface area contributed by atoms with Gasteiger partial charge in [-0.2, -0.15) is 10.5 Å². The van der Waals surface area contributed by atoms with E-state index in [9.17, 15) is 15.8 Å². The molecule has 2 aromatic heterocycles. The molecule has 4 heterocycles. The van der Waals surface area contributed by atoms with Crippen LogP contribution in [0.4, 0.5) is 17.1 Å². The molecule has 331 valence electrons. The fraction of sp³-hybridized carbons (Fsp3) is 0.276. The second-order valence-corrected chi connectivity index (χ2v) is 20.7. The standard InChI is InChI=1S/C43H37N6.C15H16N.Ir/c1-41(2,3)27-13-11-12-25(16-27)34-20-37-33(24-48-34)39(35(23-46)47-10)32-19-29(43(7,8)9)18-31-38(26(21-44)22-45)30-17-28(42(4,5)6)14-15-36(30)49(37)40(31)32;1-15(2,3)13-9-10-14(16-11-13)12-7-5-4-6-8-12;/h11,13-20,24H,1-9H3;4-7,9-11H,1-3H3;/q2*-1;/b39-35-;;. The van der Waals surface area contributed by atoms with Crippen molar-refractivity contribution in [2.75, 3.05) is 4.90 Å². The van der Waals surface area contributed by atoms with Gasteiger partial charge in [-0.05, 0) is 79.6 Å². The van der Waals surface area contributed by atoms with Crippen LogP contribution in [0.15, 0.2) is 115 Å². The number of hydrogen-bond acceptors (Lipinski definition) is 6. The van der Waals surface area contributed by atoms with E-state index < -0.39 is 0 Å². The van der Waals surface area contributed by atoms with E-state index in [1.165, 1.54) is 5.56 Å². The van der Waals surface area contributed by atoms with Gasteiger partial charge in [0, 0.05) is 66.0 Å². The predicted molar refractivity (Wildman–Crippen MR) is 262 cm³/mol. The first-order valence-electron chi connectivity index (χ1n) is 21.8. The molecule has 0 saturated heterocycles. The van der Waals surface area contributed by atoms with Crippen molar-refractivity contribution in [2.24, 2.45) is 0 Å². The molecule has 8 rings (SSSR count). The number of pyridine rings is 2. The average Bonchev–Trinajstić information content (AvgIpc) is 3.27. The third-order valence-corrected chi connectivity index (χ3v) is 12.0. The van der Waals surface area contributed by atoms with Crippen LogP contribution in [0.2, 0.25) is 0 Å². The summed E-state index contributed by atoms with van der Waals surface area (Å²) in [5.41, 5.74) is 13.6. The molecular weight excluding hydrogens is 987 g/mol. The number of benzene rings is 4. The molecule has 0 atom stereocenters. The number of nitriles is 3. The molecule has 1 radical (unpaired) electrons. The van der Waals surface area contributed by atoms with E-state index in [1.54, 1.807) is 6.20 Å². The third kappa shape index (κ3) is 9.28. The van der Waals surface area contributed by atoms with Crippen LogP contribution in [0, 0.1) is 52.7 Å². The van der Waals surface area contributed by atoms with Gasteiger partial charge in [0.25, 0.3) is 5.70 Å². The number of rotatable bonds is 2. The van der Waals surface area contributed by atoms with Crippen molar-refractivity contribution in [3.63, 3.8) is 0 Å². The molecule has 2 aliphatic heterocycles. The maximum absolute atomic E-state index is 10.4. The quantitative estimate of drug-likeness (QED) is 0.126. The number of fused-ring (bicyclic) bond motifs is 4. The molecule has 0 amide bonds. The molecule has 6 aromatic rings. The second-order valence-electron chi connectivity index (χ2n) is 20.7. The van der Waals surface area contributed by atoms with Crippen LogP contribution < -0.4 is 4.90 Å². The van der Waals surface area contributed by atoms with Gasteiger partial charge in [-0.1, -0.05) is 107 Å². The molecule has 0 spiro atoms. The van der Waals surface area contributed by atoms with Crippen LogP contribution in [-0.2, 0) is 41.8 Å². The summed E-state index contributed by atoms with van der Waals surface area (Å²) in [6.07, 6.45) is 3.72. The Bertz CT molecular complexity index is 3070. The van der Waals surface area contributed by atoms with Gasteiger partial charge in [0.15, 0.2) is 0 Å². The third-order valence-electron chi connectivity index (χ3n) is 12.0. The van der Waals surface area contributed by atoms with Crippen molar-refractivity contribution < 1.29 is 20.1 Å². The van der Waals surface area contributed by atoms with E-state index in [0.717, 1.165) is 56.1 Å². The van der Waals surface area contributed by atoms with E-state index in [2.05, 4.69) is 177 Å². The predicted octanol–water partition coefficient (Wildman–Crippen LogP) is 14.4. The molecule has 7 nitrogen and oxygen atoms in total. The summed E-state index contributed by atoms with van der Waals surface area (Å²) in [6, 6.07) is 43.6. The van der Waals surface area contributed by atoms with Gasteiger partial charge in [-0.15, -0.1) is 71.3 Å². The van der Waals surface area contributed by atoms with Crippen LogP contribution in [0.25, 0.3) is 38.5 Å². The van der Waals surface area contributed by atoms with Gasteiger partial charge in [0.05, 0.1) is 24.0 Å². The summed E-state index contributed by atoms with van der Waals surface area (Å²) in [4.78, 5) is 15.3. The summed E-state index contributed by atoms with van der Waals surface area (Å²) in [6.45, 7) is 33.9. The van der Waals surface area contributed by atoms with E-state index in [1.807, 2.05) is 48.7 Å². The molecule has 4 aromatic carbocycles. The van der Waals surface area contributed by atoms with Crippen LogP contribution in [-0.4, -0.2) is 9.97 Å². The molecule has 8 heteroatoms. The minimum absolute atomic E-state index is 0. The Balaban J connectivity index is 0.000000357. The molecule has 0 saturated carbocycles. The number of nitrogens with zero attached hydrogens (tertiary/aromatic N) is 7. The fourth-order valence-corrected chi connectivity index (χ4v) is 8.15. The number of hydrogen-bond donors (Lipinski definition) is 0. The van der Waals surface area contributed by atoms with Crippen LogP contribution >= 0.6 is 0 Å². The van der Waals surface area contributed by atoms with Gasteiger partial charge in [0.1, 0.15) is 17.7 Å². The molecule has 0 fully saturated rings. The van der Waals surface area contributed by atoms with Crippen LogP contribution in [0.3, 0.4) is 0 Å². The van der Waals surface area contributed by atoms with E-state index in [0.29, 0.717) is 33.5 Å². The first kappa shape index (κ1) is 48.5. The van der Waals surface area contributed by atoms with Crippen molar-refractivity contribution in [2.45, 2.75) is 105 Å². The molecule has 0 N–H and O–H groups in total. The molecule has 66 heavy (non-hydrogen) atoms. The summed E-state index contributed by atoms with van der Waals surface area (Å²) < 4.78 is 0.